The Labute approximate surface area is 101 Å². The Morgan fingerprint density at radius 1 is 1.38 bits per heavy atom. The topological polar surface area (TPSA) is 83.7 Å². The maximum atomic E-state index is 11.5. The molecular weight excluding hydrogens is 254 g/mol. The third kappa shape index (κ3) is 2.32. The fourth-order valence-corrected chi connectivity index (χ4v) is 3.08. The van der Waals surface area contributed by atoms with Crippen LogP contribution in [0.15, 0.2) is 0 Å². The zero-order valence-corrected chi connectivity index (χ0v) is 10.6. The van der Waals surface area contributed by atoms with Crippen LogP contribution in [0.4, 0.5) is 0 Å². The summed E-state index contributed by atoms with van der Waals surface area (Å²) >= 11 is 0. The van der Waals surface area contributed by atoms with Gasteiger partial charge in [0.05, 0.1) is 12.3 Å². The quantitative estimate of drug-likeness (QED) is 0.635. The van der Waals surface area contributed by atoms with Crippen LogP contribution in [0.1, 0.15) is 6.42 Å². The number of piperazine rings is 1. The minimum Gasteiger partial charge on any atom is -0.336 e. The molecule has 2 saturated heterocycles. The van der Waals surface area contributed by atoms with E-state index in [0.717, 1.165) is 0 Å². The average Bonchev–Trinajstić information content (AvgIpc) is 2.41. The molecule has 0 aromatic carbocycles. The van der Waals surface area contributed by atoms with Gasteiger partial charge in [-0.3, -0.25) is 4.79 Å². The number of hydrogen-bond acceptors (Lipinski definition) is 4. The van der Waals surface area contributed by atoms with Crippen LogP contribution in [-0.4, -0.2) is 61.5 Å². The zero-order valence-electron chi connectivity index (χ0n) is 9.00. The number of nitrogens with two attached hydrogens (primary N) is 1. The van der Waals surface area contributed by atoms with Crippen molar-refractivity contribution in [3.8, 4) is 0 Å². The van der Waals surface area contributed by atoms with Gasteiger partial charge in [-0.05, 0) is 6.42 Å². The maximum absolute atomic E-state index is 11.5. The molecule has 2 N–H and O–H groups in total. The highest BCUT2D eigenvalue weighted by atomic mass is 35.5. The molecule has 0 aromatic heterocycles. The van der Waals surface area contributed by atoms with Gasteiger partial charge in [0, 0.05) is 25.7 Å². The number of hydrogen-bond donors (Lipinski definition) is 1. The van der Waals surface area contributed by atoms with E-state index in [1.54, 1.807) is 4.90 Å². The lowest BCUT2D eigenvalue weighted by molar-refractivity contribution is -0.131. The Balaban J connectivity index is 0.00000128. The van der Waals surface area contributed by atoms with E-state index in [4.69, 9.17) is 5.73 Å². The van der Waals surface area contributed by atoms with E-state index >= 15 is 0 Å². The monoisotopic (exact) mass is 269 g/mol. The van der Waals surface area contributed by atoms with Gasteiger partial charge in [-0.25, -0.2) is 8.42 Å². The van der Waals surface area contributed by atoms with E-state index in [9.17, 15) is 13.2 Å². The summed E-state index contributed by atoms with van der Waals surface area (Å²) in [6.07, 6.45) is 1.75. The molecule has 0 bridgehead atoms. The van der Waals surface area contributed by atoms with Crippen LogP contribution in [0.3, 0.4) is 0 Å². The maximum Gasteiger partial charge on any atom is 0.239 e. The number of amides is 1. The number of rotatable bonds is 1. The molecule has 0 radical (unpaired) electrons. The molecule has 2 heterocycles. The van der Waals surface area contributed by atoms with Crippen molar-refractivity contribution in [3.05, 3.63) is 0 Å². The molecule has 8 heteroatoms. The zero-order chi connectivity index (χ0) is 11.2. The van der Waals surface area contributed by atoms with Crippen molar-refractivity contribution in [2.24, 2.45) is 5.73 Å². The van der Waals surface area contributed by atoms with Crippen LogP contribution in [0.5, 0.6) is 0 Å². The lowest BCUT2D eigenvalue weighted by Crippen LogP contribution is -2.53. The normalized spacial score (nSPS) is 31.1. The summed E-state index contributed by atoms with van der Waals surface area (Å²) in [6.45, 7) is 1.23. The first-order valence-electron chi connectivity index (χ1n) is 4.91. The van der Waals surface area contributed by atoms with Crippen molar-refractivity contribution in [1.29, 1.82) is 0 Å². The second kappa shape index (κ2) is 4.48. The van der Waals surface area contributed by atoms with Crippen LogP contribution in [-0.2, 0) is 14.8 Å². The Morgan fingerprint density at radius 3 is 2.56 bits per heavy atom. The van der Waals surface area contributed by atoms with Crippen molar-refractivity contribution in [1.82, 2.24) is 9.21 Å². The summed E-state index contributed by atoms with van der Waals surface area (Å²) in [4.78, 5) is 13.2. The molecule has 2 rings (SSSR count). The van der Waals surface area contributed by atoms with Gasteiger partial charge in [0.1, 0.15) is 0 Å². The van der Waals surface area contributed by atoms with E-state index in [-0.39, 0.29) is 24.4 Å². The van der Waals surface area contributed by atoms with E-state index < -0.39 is 16.1 Å². The minimum absolute atomic E-state index is 0. The summed E-state index contributed by atoms with van der Waals surface area (Å²) in [6, 6.07) is -0.481. The molecule has 16 heavy (non-hydrogen) atoms. The second-order valence-electron chi connectivity index (χ2n) is 4.15. The van der Waals surface area contributed by atoms with E-state index in [1.807, 2.05) is 0 Å². The Hall–Kier alpha value is -0.370. The van der Waals surface area contributed by atoms with Gasteiger partial charge in [0.2, 0.25) is 15.9 Å². The van der Waals surface area contributed by atoms with Crippen LogP contribution in [0, 0.1) is 0 Å². The van der Waals surface area contributed by atoms with Gasteiger partial charge < -0.3 is 10.6 Å². The van der Waals surface area contributed by atoms with Crippen LogP contribution < -0.4 is 5.73 Å². The molecule has 2 aliphatic rings. The van der Waals surface area contributed by atoms with Gasteiger partial charge >= 0.3 is 0 Å². The van der Waals surface area contributed by atoms with Crippen molar-refractivity contribution in [2.45, 2.75) is 18.5 Å². The lowest BCUT2D eigenvalue weighted by Gasteiger charge is -2.35. The number of sulfonamides is 1. The first kappa shape index (κ1) is 13.7. The van der Waals surface area contributed by atoms with Gasteiger partial charge in [0.25, 0.3) is 0 Å². The fraction of sp³-hybridized carbons (Fsp3) is 0.875. The fourth-order valence-electron chi connectivity index (χ4n) is 2.23. The number of nitrogens with zero attached hydrogens (tertiary/aromatic N) is 2. The summed E-state index contributed by atoms with van der Waals surface area (Å²) in [5.74, 6) is -0.0480. The van der Waals surface area contributed by atoms with Crippen LogP contribution in [0.25, 0.3) is 0 Å². The highest BCUT2D eigenvalue weighted by molar-refractivity contribution is 7.88. The van der Waals surface area contributed by atoms with Crippen LogP contribution in [0.2, 0.25) is 0 Å². The van der Waals surface area contributed by atoms with E-state index in [1.165, 1.54) is 10.6 Å². The first-order chi connectivity index (χ1) is 6.89. The SMILES string of the molecule is CS(=O)(=O)N1CCN2C(=O)C(N)CC2C1.Cl. The molecule has 2 unspecified atom stereocenters. The summed E-state index contributed by atoms with van der Waals surface area (Å²) < 4.78 is 24.1. The predicted molar refractivity (Wildman–Crippen MR) is 61.8 cm³/mol. The summed E-state index contributed by atoms with van der Waals surface area (Å²) in [7, 11) is -3.14. The van der Waals surface area contributed by atoms with Crippen molar-refractivity contribution in [2.75, 3.05) is 25.9 Å². The van der Waals surface area contributed by atoms with Gasteiger partial charge in [-0.15, -0.1) is 12.4 Å². The number of fused-ring (bicyclic) bond motifs is 1. The molecule has 1 amide bonds. The highest BCUT2D eigenvalue weighted by Gasteiger charge is 2.42. The van der Waals surface area contributed by atoms with Crippen molar-refractivity contribution >= 4 is 28.3 Å². The smallest absolute Gasteiger partial charge is 0.239 e. The molecule has 2 atom stereocenters. The Morgan fingerprint density at radius 2 is 2.00 bits per heavy atom. The number of carbonyl (C=O) groups is 1. The molecule has 0 spiro atoms. The van der Waals surface area contributed by atoms with Crippen molar-refractivity contribution in [3.63, 3.8) is 0 Å². The lowest BCUT2D eigenvalue weighted by atomic mass is 10.1. The largest absolute Gasteiger partial charge is 0.336 e. The third-order valence-corrected chi connectivity index (χ3v) is 4.31. The van der Waals surface area contributed by atoms with Crippen LogP contribution >= 0.6 is 12.4 Å². The molecule has 2 aliphatic heterocycles. The highest BCUT2D eigenvalue weighted by Crippen LogP contribution is 2.23. The summed E-state index contributed by atoms with van der Waals surface area (Å²) in [5, 5.41) is 0. The minimum atomic E-state index is -3.14. The summed E-state index contributed by atoms with van der Waals surface area (Å²) in [5.41, 5.74) is 5.63. The molecule has 6 nitrogen and oxygen atoms in total. The van der Waals surface area contributed by atoms with Crippen molar-refractivity contribution < 1.29 is 13.2 Å². The molecule has 0 saturated carbocycles. The van der Waals surface area contributed by atoms with Gasteiger partial charge in [0.15, 0.2) is 0 Å². The molecule has 0 aliphatic carbocycles. The predicted octanol–water partition coefficient (Wildman–Crippen LogP) is -1.39. The van der Waals surface area contributed by atoms with Gasteiger partial charge in [-0.1, -0.05) is 0 Å². The molecule has 94 valence electrons. The first-order valence-corrected chi connectivity index (χ1v) is 6.75. The van der Waals surface area contributed by atoms with E-state index in [0.29, 0.717) is 26.1 Å². The molecule has 2 fully saturated rings. The number of carbonyl (C=O) groups excluding carboxylic acids is 1. The molecular formula is C8H16ClN3O3S. The molecule has 0 aromatic rings. The van der Waals surface area contributed by atoms with E-state index in [2.05, 4.69) is 0 Å². The average molecular weight is 270 g/mol. The standard InChI is InChI=1S/C8H15N3O3S.ClH/c1-15(13,14)10-2-3-11-6(5-10)4-7(9)8(11)12;/h6-7H,2-5,9H2,1H3;1H. The second-order valence-corrected chi connectivity index (χ2v) is 6.13. The third-order valence-electron chi connectivity index (χ3n) is 3.04. The van der Waals surface area contributed by atoms with Gasteiger partial charge in [-0.2, -0.15) is 4.31 Å². The number of halogens is 1. The Kier molecular flexibility index (Phi) is 3.83. The Bertz CT molecular complexity index is 386.